The van der Waals surface area contributed by atoms with E-state index < -0.39 is 17.7 Å². The second-order valence-corrected chi connectivity index (χ2v) is 5.04. The summed E-state index contributed by atoms with van der Waals surface area (Å²) in [6, 6.07) is 10.7. The van der Waals surface area contributed by atoms with Crippen LogP contribution in [0.5, 0.6) is 5.75 Å². The molecule has 4 heteroatoms. The van der Waals surface area contributed by atoms with Crippen molar-refractivity contribution in [2.24, 2.45) is 11.7 Å². The Morgan fingerprint density at radius 1 is 1.05 bits per heavy atom. The summed E-state index contributed by atoms with van der Waals surface area (Å²) >= 11 is 0. The molecule has 20 heavy (non-hydrogen) atoms. The van der Waals surface area contributed by atoms with Crippen LogP contribution in [0.3, 0.4) is 0 Å². The molecule has 0 saturated heterocycles. The third kappa shape index (κ3) is 2.27. The van der Waals surface area contributed by atoms with Gasteiger partial charge in [-0.25, -0.2) is 8.78 Å². The van der Waals surface area contributed by atoms with E-state index >= 15 is 0 Å². The number of para-hydroxylation sites is 1. The first kappa shape index (κ1) is 13.1. The fraction of sp³-hybridized carbons (Fsp3) is 0.250. The Labute approximate surface area is 116 Å². The van der Waals surface area contributed by atoms with E-state index in [0.29, 0.717) is 13.0 Å². The van der Waals surface area contributed by atoms with Crippen molar-refractivity contribution in [2.75, 3.05) is 6.61 Å². The molecule has 0 saturated carbocycles. The fourth-order valence-electron chi connectivity index (χ4n) is 2.65. The van der Waals surface area contributed by atoms with Gasteiger partial charge in [-0.15, -0.1) is 0 Å². The molecule has 2 atom stereocenters. The standard InChI is InChI=1S/C16H15F2NO/c17-12-5-3-6-13(18)15(12)16(19)11-8-10-4-1-2-7-14(10)20-9-11/h1-7,11,16H,8-9,19H2. The third-order valence-corrected chi connectivity index (χ3v) is 3.75. The van der Waals surface area contributed by atoms with Crippen molar-refractivity contribution < 1.29 is 13.5 Å². The molecular formula is C16H15F2NO. The Morgan fingerprint density at radius 2 is 1.75 bits per heavy atom. The maximum absolute atomic E-state index is 13.8. The number of hydrogen-bond donors (Lipinski definition) is 1. The molecule has 3 rings (SSSR count). The Balaban J connectivity index is 1.88. The van der Waals surface area contributed by atoms with E-state index in [2.05, 4.69) is 0 Å². The third-order valence-electron chi connectivity index (χ3n) is 3.75. The first-order chi connectivity index (χ1) is 9.66. The Bertz CT molecular complexity index is 609. The molecule has 1 aliphatic heterocycles. The minimum Gasteiger partial charge on any atom is -0.493 e. The minimum atomic E-state index is -0.718. The summed E-state index contributed by atoms with van der Waals surface area (Å²) in [4.78, 5) is 0. The van der Waals surface area contributed by atoms with Crippen molar-refractivity contribution >= 4 is 0 Å². The summed E-state index contributed by atoms with van der Waals surface area (Å²) in [6.45, 7) is 0.367. The normalized spacial score (nSPS) is 19.1. The van der Waals surface area contributed by atoms with Gasteiger partial charge in [0.2, 0.25) is 0 Å². The van der Waals surface area contributed by atoms with Gasteiger partial charge in [0, 0.05) is 17.5 Å². The first-order valence-corrected chi connectivity index (χ1v) is 6.57. The number of rotatable bonds is 2. The van der Waals surface area contributed by atoms with Gasteiger partial charge in [-0.3, -0.25) is 0 Å². The van der Waals surface area contributed by atoms with E-state index in [9.17, 15) is 8.78 Å². The van der Waals surface area contributed by atoms with E-state index in [4.69, 9.17) is 10.5 Å². The molecule has 2 nitrogen and oxygen atoms in total. The SMILES string of the molecule is NC(c1c(F)cccc1F)C1COc2ccccc2C1. The number of hydrogen-bond acceptors (Lipinski definition) is 2. The molecule has 104 valence electrons. The number of ether oxygens (including phenoxy) is 1. The lowest BCUT2D eigenvalue weighted by molar-refractivity contribution is 0.197. The lowest BCUT2D eigenvalue weighted by atomic mass is 9.86. The van der Waals surface area contributed by atoms with Crippen LogP contribution in [0, 0.1) is 17.6 Å². The number of fused-ring (bicyclic) bond motifs is 1. The summed E-state index contributed by atoms with van der Waals surface area (Å²) in [6.07, 6.45) is 0.658. The molecule has 0 spiro atoms. The molecule has 2 aromatic carbocycles. The van der Waals surface area contributed by atoms with Crippen LogP contribution in [0.25, 0.3) is 0 Å². The van der Waals surface area contributed by atoms with Gasteiger partial charge in [0.15, 0.2) is 0 Å². The highest BCUT2D eigenvalue weighted by Gasteiger charge is 2.29. The van der Waals surface area contributed by atoms with Crippen LogP contribution >= 0.6 is 0 Å². The Kier molecular flexibility index (Phi) is 3.40. The number of benzene rings is 2. The smallest absolute Gasteiger partial charge is 0.130 e. The predicted molar refractivity (Wildman–Crippen MR) is 72.4 cm³/mol. The fourth-order valence-corrected chi connectivity index (χ4v) is 2.65. The lowest BCUT2D eigenvalue weighted by Crippen LogP contribution is -2.32. The minimum absolute atomic E-state index is 0.0551. The van der Waals surface area contributed by atoms with Crippen molar-refractivity contribution in [3.63, 3.8) is 0 Å². The molecule has 1 heterocycles. The van der Waals surface area contributed by atoms with Gasteiger partial charge in [0.25, 0.3) is 0 Å². The first-order valence-electron chi connectivity index (χ1n) is 6.57. The molecule has 0 fully saturated rings. The number of halogens is 2. The summed E-state index contributed by atoms with van der Waals surface area (Å²) < 4.78 is 33.2. The molecule has 0 amide bonds. The summed E-state index contributed by atoms with van der Waals surface area (Å²) in [5, 5.41) is 0. The topological polar surface area (TPSA) is 35.2 Å². The van der Waals surface area contributed by atoms with Crippen LogP contribution < -0.4 is 10.5 Å². The van der Waals surface area contributed by atoms with Crippen LogP contribution in [0.4, 0.5) is 8.78 Å². The Hall–Kier alpha value is -1.94. The molecule has 0 aromatic heterocycles. The quantitative estimate of drug-likeness (QED) is 0.913. The molecule has 2 unspecified atom stereocenters. The van der Waals surface area contributed by atoms with Gasteiger partial charge < -0.3 is 10.5 Å². The van der Waals surface area contributed by atoms with Gasteiger partial charge in [-0.1, -0.05) is 24.3 Å². The van der Waals surface area contributed by atoms with Crippen molar-refractivity contribution in [2.45, 2.75) is 12.5 Å². The Morgan fingerprint density at radius 3 is 2.50 bits per heavy atom. The zero-order valence-electron chi connectivity index (χ0n) is 10.9. The maximum atomic E-state index is 13.8. The van der Waals surface area contributed by atoms with Gasteiger partial charge in [-0.2, -0.15) is 0 Å². The highest BCUT2D eigenvalue weighted by Crippen LogP contribution is 2.33. The average molecular weight is 275 g/mol. The molecule has 0 radical (unpaired) electrons. The number of nitrogens with two attached hydrogens (primary N) is 1. The van der Waals surface area contributed by atoms with Crippen molar-refractivity contribution in [1.82, 2.24) is 0 Å². The van der Waals surface area contributed by atoms with Gasteiger partial charge >= 0.3 is 0 Å². The highest BCUT2D eigenvalue weighted by molar-refractivity contribution is 5.36. The van der Waals surface area contributed by atoms with Gasteiger partial charge in [-0.05, 0) is 30.2 Å². The molecule has 2 N–H and O–H groups in total. The van der Waals surface area contributed by atoms with E-state index in [1.54, 1.807) is 0 Å². The zero-order valence-corrected chi connectivity index (χ0v) is 10.9. The summed E-state index contributed by atoms with van der Waals surface area (Å²) in [5.41, 5.74) is 7.04. The predicted octanol–water partition coefficient (Wildman–Crippen LogP) is 3.22. The zero-order chi connectivity index (χ0) is 14.1. The van der Waals surface area contributed by atoms with Gasteiger partial charge in [0.05, 0.1) is 6.61 Å². The van der Waals surface area contributed by atoms with Gasteiger partial charge in [0.1, 0.15) is 17.4 Å². The second kappa shape index (κ2) is 5.21. The second-order valence-electron chi connectivity index (χ2n) is 5.04. The van der Waals surface area contributed by atoms with Crippen molar-refractivity contribution in [1.29, 1.82) is 0 Å². The largest absolute Gasteiger partial charge is 0.493 e. The van der Waals surface area contributed by atoms with Crippen LogP contribution in [0.1, 0.15) is 17.2 Å². The van der Waals surface area contributed by atoms with Crippen molar-refractivity contribution in [3.05, 3.63) is 65.2 Å². The van der Waals surface area contributed by atoms with E-state index in [1.165, 1.54) is 18.2 Å². The summed E-state index contributed by atoms with van der Waals surface area (Å²) in [5.74, 6) is -0.519. The van der Waals surface area contributed by atoms with Crippen LogP contribution in [-0.2, 0) is 6.42 Å². The molecule has 0 bridgehead atoms. The molecule has 0 aliphatic carbocycles. The molecule has 2 aromatic rings. The van der Waals surface area contributed by atoms with E-state index in [1.807, 2.05) is 24.3 Å². The van der Waals surface area contributed by atoms with E-state index in [-0.39, 0.29) is 11.5 Å². The van der Waals surface area contributed by atoms with Crippen LogP contribution in [-0.4, -0.2) is 6.61 Å². The molecular weight excluding hydrogens is 260 g/mol. The maximum Gasteiger partial charge on any atom is 0.130 e. The highest BCUT2D eigenvalue weighted by atomic mass is 19.1. The summed E-state index contributed by atoms with van der Waals surface area (Å²) in [7, 11) is 0. The van der Waals surface area contributed by atoms with Crippen molar-refractivity contribution in [3.8, 4) is 5.75 Å². The molecule has 1 aliphatic rings. The van der Waals surface area contributed by atoms with Crippen LogP contribution in [0.15, 0.2) is 42.5 Å². The lowest BCUT2D eigenvalue weighted by Gasteiger charge is -2.30. The van der Waals surface area contributed by atoms with Crippen LogP contribution in [0.2, 0.25) is 0 Å². The van der Waals surface area contributed by atoms with E-state index in [0.717, 1.165) is 11.3 Å². The average Bonchev–Trinajstić information content (AvgIpc) is 2.46. The monoisotopic (exact) mass is 275 g/mol.